The molecule has 2 unspecified atom stereocenters. The molecule has 1 aliphatic heterocycles. The Morgan fingerprint density at radius 1 is 1.32 bits per heavy atom. The third-order valence-corrected chi connectivity index (χ3v) is 5.52. The van der Waals surface area contributed by atoms with Crippen molar-refractivity contribution >= 4 is 17.7 Å². The second-order valence-electron chi connectivity index (χ2n) is 8.21. The van der Waals surface area contributed by atoms with E-state index in [9.17, 15) is 4.79 Å². The molecule has 0 saturated heterocycles. The van der Waals surface area contributed by atoms with Gasteiger partial charge in [-0.1, -0.05) is 24.8 Å². The Balaban J connectivity index is 1.44. The molecule has 4 N–H and O–H groups in total. The lowest BCUT2D eigenvalue weighted by atomic mass is 10.1. The standard InChI is InChI=1S/C26H35N3O5/c1-5-20-21(28-4)9-7-10-22(20)32-14-8-13-29-18(3)15-19-11-12-23-24(16-19)33-17-26(27,34-23)25(30)31-6-2/h5,7,9-12,16,18,28-29H,1,6,8,13-15,17,27H2,2-4H3. The predicted molar refractivity (Wildman–Crippen MR) is 133 cm³/mol. The van der Waals surface area contributed by atoms with Crippen molar-refractivity contribution < 1.29 is 23.7 Å². The summed E-state index contributed by atoms with van der Waals surface area (Å²) in [6.07, 6.45) is 3.49. The van der Waals surface area contributed by atoms with E-state index in [1.54, 1.807) is 19.1 Å². The van der Waals surface area contributed by atoms with E-state index in [4.69, 9.17) is 24.7 Å². The Hall–Kier alpha value is -3.23. The monoisotopic (exact) mass is 469 g/mol. The van der Waals surface area contributed by atoms with Gasteiger partial charge >= 0.3 is 5.97 Å². The zero-order valence-electron chi connectivity index (χ0n) is 20.2. The summed E-state index contributed by atoms with van der Waals surface area (Å²) in [6.45, 7) is 9.30. The molecule has 0 radical (unpaired) electrons. The van der Waals surface area contributed by atoms with Crippen molar-refractivity contribution in [2.45, 2.75) is 38.5 Å². The fraction of sp³-hybridized carbons (Fsp3) is 0.423. The normalized spacial score (nSPS) is 17.5. The highest BCUT2D eigenvalue weighted by Crippen LogP contribution is 2.35. The molecule has 184 valence electrons. The van der Waals surface area contributed by atoms with Gasteiger partial charge in [0.15, 0.2) is 18.1 Å². The third kappa shape index (κ3) is 6.21. The van der Waals surface area contributed by atoms with Gasteiger partial charge in [0.2, 0.25) is 0 Å². The third-order valence-electron chi connectivity index (χ3n) is 5.52. The number of nitrogens with two attached hydrogens (primary N) is 1. The molecule has 34 heavy (non-hydrogen) atoms. The summed E-state index contributed by atoms with van der Waals surface area (Å²) < 4.78 is 22.4. The van der Waals surface area contributed by atoms with Gasteiger partial charge in [-0.25, -0.2) is 4.79 Å². The summed E-state index contributed by atoms with van der Waals surface area (Å²) in [5.41, 5.74) is 7.46. The molecular formula is C26H35N3O5. The number of anilines is 1. The Morgan fingerprint density at radius 3 is 2.88 bits per heavy atom. The number of fused-ring (bicyclic) bond motifs is 1. The van der Waals surface area contributed by atoms with Crippen LogP contribution in [0.4, 0.5) is 5.69 Å². The number of esters is 1. The molecule has 8 heteroatoms. The molecule has 0 amide bonds. The number of hydrogen-bond acceptors (Lipinski definition) is 8. The Bertz CT molecular complexity index is 996. The highest BCUT2D eigenvalue weighted by molar-refractivity contribution is 5.80. The predicted octanol–water partition coefficient (Wildman–Crippen LogP) is 3.35. The average Bonchev–Trinajstić information content (AvgIpc) is 2.83. The first kappa shape index (κ1) is 25.4. The lowest BCUT2D eigenvalue weighted by Gasteiger charge is -2.33. The molecule has 2 atom stereocenters. The van der Waals surface area contributed by atoms with Crippen LogP contribution in [0.15, 0.2) is 43.0 Å². The summed E-state index contributed by atoms with van der Waals surface area (Å²) in [6, 6.07) is 11.8. The number of hydrogen-bond donors (Lipinski definition) is 3. The van der Waals surface area contributed by atoms with Crippen molar-refractivity contribution in [2.24, 2.45) is 5.73 Å². The van der Waals surface area contributed by atoms with Crippen molar-refractivity contribution in [1.82, 2.24) is 5.32 Å². The maximum Gasteiger partial charge on any atom is 0.369 e. The molecule has 8 nitrogen and oxygen atoms in total. The van der Waals surface area contributed by atoms with E-state index in [-0.39, 0.29) is 19.3 Å². The molecular weight excluding hydrogens is 434 g/mol. The van der Waals surface area contributed by atoms with Crippen LogP contribution >= 0.6 is 0 Å². The van der Waals surface area contributed by atoms with E-state index in [0.717, 1.165) is 42.0 Å². The lowest BCUT2D eigenvalue weighted by Crippen LogP contribution is -2.60. The van der Waals surface area contributed by atoms with Crippen LogP contribution in [-0.2, 0) is 16.0 Å². The Morgan fingerprint density at radius 2 is 2.15 bits per heavy atom. The number of nitrogens with one attached hydrogen (secondary N) is 2. The minimum absolute atomic E-state index is 0.0963. The van der Waals surface area contributed by atoms with E-state index in [2.05, 4.69) is 24.1 Å². The Labute approximate surface area is 201 Å². The quantitative estimate of drug-likeness (QED) is 0.321. The van der Waals surface area contributed by atoms with E-state index in [1.807, 2.05) is 37.4 Å². The first-order valence-corrected chi connectivity index (χ1v) is 11.6. The van der Waals surface area contributed by atoms with Crippen LogP contribution in [0, 0.1) is 0 Å². The molecule has 0 saturated carbocycles. The van der Waals surface area contributed by atoms with Gasteiger partial charge in [-0.3, -0.25) is 5.73 Å². The largest absolute Gasteiger partial charge is 0.493 e. The molecule has 0 bridgehead atoms. The second kappa shape index (κ2) is 11.8. The summed E-state index contributed by atoms with van der Waals surface area (Å²) in [7, 11) is 1.88. The first-order chi connectivity index (χ1) is 16.4. The number of carbonyl (C=O) groups excluding carboxylic acids is 1. The molecule has 1 heterocycles. The van der Waals surface area contributed by atoms with Crippen LogP contribution in [0.3, 0.4) is 0 Å². The number of rotatable bonds is 12. The van der Waals surface area contributed by atoms with Crippen LogP contribution in [0.25, 0.3) is 6.08 Å². The van der Waals surface area contributed by atoms with Crippen molar-refractivity contribution in [1.29, 1.82) is 0 Å². The SMILES string of the molecule is C=Cc1c(NC)cccc1OCCCNC(C)Cc1ccc2c(c1)OCC(N)(C(=O)OCC)O2. The zero-order chi connectivity index (χ0) is 24.6. The molecule has 0 fully saturated rings. The molecule has 2 aromatic carbocycles. The van der Waals surface area contributed by atoms with Crippen LogP contribution in [0.1, 0.15) is 31.4 Å². The van der Waals surface area contributed by atoms with E-state index in [1.165, 1.54) is 0 Å². The van der Waals surface area contributed by atoms with Gasteiger partial charge in [-0.15, -0.1) is 0 Å². The second-order valence-corrected chi connectivity index (χ2v) is 8.21. The van der Waals surface area contributed by atoms with Crippen molar-refractivity contribution in [3.63, 3.8) is 0 Å². The van der Waals surface area contributed by atoms with Gasteiger partial charge in [0, 0.05) is 24.3 Å². The van der Waals surface area contributed by atoms with E-state index >= 15 is 0 Å². The van der Waals surface area contributed by atoms with Gasteiger partial charge < -0.3 is 29.6 Å². The molecule has 3 rings (SSSR count). The fourth-order valence-electron chi connectivity index (χ4n) is 3.77. The van der Waals surface area contributed by atoms with E-state index in [0.29, 0.717) is 18.1 Å². The van der Waals surface area contributed by atoms with Crippen LogP contribution in [0.2, 0.25) is 0 Å². The summed E-state index contributed by atoms with van der Waals surface area (Å²) in [4.78, 5) is 12.1. The van der Waals surface area contributed by atoms with Crippen molar-refractivity contribution in [3.05, 3.63) is 54.1 Å². The summed E-state index contributed by atoms with van der Waals surface area (Å²) >= 11 is 0. The van der Waals surface area contributed by atoms with Crippen LogP contribution in [-0.4, -0.2) is 51.1 Å². The fourth-order valence-corrected chi connectivity index (χ4v) is 3.77. The lowest BCUT2D eigenvalue weighted by molar-refractivity contribution is -0.166. The zero-order valence-corrected chi connectivity index (χ0v) is 20.2. The van der Waals surface area contributed by atoms with Gasteiger partial charge in [0.25, 0.3) is 5.72 Å². The Kier molecular flexibility index (Phi) is 8.79. The summed E-state index contributed by atoms with van der Waals surface area (Å²) in [5, 5.41) is 6.68. The smallest absolute Gasteiger partial charge is 0.369 e. The van der Waals surface area contributed by atoms with Gasteiger partial charge in [0.05, 0.1) is 13.2 Å². The highest BCUT2D eigenvalue weighted by atomic mass is 16.6. The van der Waals surface area contributed by atoms with Crippen LogP contribution < -0.4 is 30.6 Å². The minimum atomic E-state index is -1.62. The van der Waals surface area contributed by atoms with E-state index < -0.39 is 11.7 Å². The summed E-state index contributed by atoms with van der Waals surface area (Å²) in [5.74, 6) is 1.20. The number of ether oxygens (including phenoxy) is 4. The van der Waals surface area contributed by atoms with Crippen LogP contribution in [0.5, 0.6) is 17.2 Å². The van der Waals surface area contributed by atoms with Crippen molar-refractivity contribution in [2.75, 3.05) is 38.7 Å². The topological polar surface area (TPSA) is 104 Å². The number of carbonyl (C=O) groups is 1. The maximum atomic E-state index is 12.1. The molecule has 1 aliphatic rings. The molecule has 2 aromatic rings. The molecule has 0 aliphatic carbocycles. The van der Waals surface area contributed by atoms with Gasteiger partial charge in [-0.2, -0.15) is 0 Å². The first-order valence-electron chi connectivity index (χ1n) is 11.6. The van der Waals surface area contributed by atoms with Crippen molar-refractivity contribution in [3.8, 4) is 17.2 Å². The maximum absolute atomic E-state index is 12.1. The highest BCUT2D eigenvalue weighted by Gasteiger charge is 2.43. The van der Waals surface area contributed by atoms with Gasteiger partial charge in [-0.05, 0) is 63.1 Å². The average molecular weight is 470 g/mol. The molecule has 0 aromatic heterocycles. The van der Waals surface area contributed by atoms with Gasteiger partial charge in [0.1, 0.15) is 5.75 Å². The molecule has 0 spiro atoms. The minimum Gasteiger partial charge on any atom is -0.493 e. The number of benzene rings is 2.